The van der Waals surface area contributed by atoms with Crippen molar-refractivity contribution in [3.05, 3.63) is 46.4 Å². The van der Waals surface area contributed by atoms with Crippen LogP contribution in [0.3, 0.4) is 0 Å². The number of rotatable bonds is 5. The van der Waals surface area contributed by atoms with Crippen molar-refractivity contribution in [2.75, 3.05) is 7.05 Å². The summed E-state index contributed by atoms with van der Waals surface area (Å²) in [5.41, 5.74) is 1.02. The number of nitrogens with one attached hydrogen (secondary N) is 1. The third-order valence-electron chi connectivity index (χ3n) is 2.60. The molecule has 3 nitrogen and oxygen atoms in total. The highest BCUT2D eigenvalue weighted by atomic mass is 32.1. The predicted octanol–water partition coefficient (Wildman–Crippen LogP) is 3.00. The van der Waals surface area contributed by atoms with Crippen LogP contribution in [0.15, 0.2) is 35.8 Å². The summed E-state index contributed by atoms with van der Waals surface area (Å²) in [6.45, 7) is 2.69. The molecule has 0 amide bonds. The van der Waals surface area contributed by atoms with Crippen LogP contribution in [-0.4, -0.2) is 12.0 Å². The number of thiophene rings is 1. The fourth-order valence-electron chi connectivity index (χ4n) is 1.43. The summed E-state index contributed by atoms with van der Waals surface area (Å²) in [7, 11) is 1.92. The van der Waals surface area contributed by atoms with Gasteiger partial charge in [-0.05, 0) is 37.6 Å². The monoisotopic (exact) mass is 248 g/mol. The second kappa shape index (κ2) is 5.80. The Morgan fingerprint density at radius 1 is 1.41 bits per heavy atom. The number of hydrogen-bond donors (Lipinski definition) is 1. The number of aromatic nitrogens is 1. The van der Waals surface area contributed by atoms with Crippen LogP contribution in [0.25, 0.3) is 0 Å². The van der Waals surface area contributed by atoms with E-state index in [9.17, 15) is 0 Å². The van der Waals surface area contributed by atoms with Gasteiger partial charge in [-0.25, -0.2) is 0 Å². The van der Waals surface area contributed by atoms with Gasteiger partial charge in [0.1, 0.15) is 12.4 Å². The lowest BCUT2D eigenvalue weighted by molar-refractivity contribution is 0.308. The van der Waals surface area contributed by atoms with Gasteiger partial charge in [-0.1, -0.05) is 6.07 Å². The van der Waals surface area contributed by atoms with Gasteiger partial charge < -0.3 is 10.1 Å². The highest BCUT2D eigenvalue weighted by Gasteiger charge is 2.04. The minimum absolute atomic E-state index is 0.265. The lowest BCUT2D eigenvalue weighted by atomic mass is 10.2. The average molecular weight is 248 g/mol. The number of hydrogen-bond acceptors (Lipinski definition) is 4. The third kappa shape index (κ3) is 3.28. The van der Waals surface area contributed by atoms with Crippen molar-refractivity contribution in [3.8, 4) is 5.75 Å². The molecule has 1 atom stereocenters. The molecule has 0 aliphatic carbocycles. The standard InChI is InChI=1S/C13H16N2OS/c1-10(14-2)13-6-5-11(8-15-13)16-9-12-4-3-7-17-12/h3-8,10,14H,9H2,1-2H3. The smallest absolute Gasteiger partial charge is 0.138 e. The maximum atomic E-state index is 5.65. The highest BCUT2D eigenvalue weighted by molar-refractivity contribution is 7.09. The zero-order valence-corrected chi connectivity index (χ0v) is 10.8. The Morgan fingerprint density at radius 2 is 2.29 bits per heavy atom. The first-order valence-electron chi connectivity index (χ1n) is 5.58. The van der Waals surface area contributed by atoms with Gasteiger partial charge in [0.15, 0.2) is 0 Å². The van der Waals surface area contributed by atoms with Crippen molar-refractivity contribution >= 4 is 11.3 Å². The summed E-state index contributed by atoms with van der Waals surface area (Å²) in [4.78, 5) is 5.59. The van der Waals surface area contributed by atoms with Gasteiger partial charge in [-0.3, -0.25) is 4.98 Å². The number of nitrogens with zero attached hydrogens (tertiary/aromatic N) is 1. The molecular weight excluding hydrogens is 232 g/mol. The van der Waals surface area contributed by atoms with Gasteiger partial charge >= 0.3 is 0 Å². The van der Waals surface area contributed by atoms with E-state index in [2.05, 4.69) is 28.7 Å². The van der Waals surface area contributed by atoms with E-state index in [1.807, 2.05) is 25.2 Å². The molecule has 2 aromatic heterocycles. The molecule has 0 spiro atoms. The molecular formula is C13H16N2OS. The third-order valence-corrected chi connectivity index (χ3v) is 3.45. The molecule has 2 rings (SSSR count). The van der Waals surface area contributed by atoms with E-state index in [0.717, 1.165) is 11.4 Å². The Kier molecular flexibility index (Phi) is 4.12. The normalized spacial score (nSPS) is 12.4. The first-order chi connectivity index (χ1) is 8.29. The van der Waals surface area contributed by atoms with E-state index in [4.69, 9.17) is 4.74 Å². The zero-order valence-electron chi connectivity index (χ0n) is 10.0. The molecule has 0 saturated heterocycles. The lowest BCUT2D eigenvalue weighted by Crippen LogP contribution is -2.13. The molecule has 0 radical (unpaired) electrons. The Bertz CT molecular complexity index is 439. The largest absolute Gasteiger partial charge is 0.486 e. The second-order valence-corrected chi connectivity index (χ2v) is 4.83. The number of pyridine rings is 1. The topological polar surface area (TPSA) is 34.1 Å². The molecule has 0 bridgehead atoms. The van der Waals surface area contributed by atoms with E-state index in [1.165, 1.54) is 4.88 Å². The van der Waals surface area contributed by atoms with E-state index < -0.39 is 0 Å². The molecule has 0 aromatic carbocycles. The van der Waals surface area contributed by atoms with Crippen LogP contribution in [0.2, 0.25) is 0 Å². The molecule has 2 heterocycles. The summed E-state index contributed by atoms with van der Waals surface area (Å²) in [6.07, 6.45) is 1.77. The van der Waals surface area contributed by atoms with Crippen LogP contribution in [0, 0.1) is 0 Å². The van der Waals surface area contributed by atoms with Crippen LogP contribution in [0.4, 0.5) is 0 Å². The van der Waals surface area contributed by atoms with Crippen molar-refractivity contribution in [1.82, 2.24) is 10.3 Å². The van der Waals surface area contributed by atoms with Gasteiger partial charge in [0.2, 0.25) is 0 Å². The summed E-state index contributed by atoms with van der Waals surface area (Å²) < 4.78 is 5.65. The van der Waals surface area contributed by atoms with E-state index in [-0.39, 0.29) is 6.04 Å². The summed E-state index contributed by atoms with van der Waals surface area (Å²) in [6, 6.07) is 8.31. The van der Waals surface area contributed by atoms with Crippen LogP contribution in [-0.2, 0) is 6.61 Å². The van der Waals surface area contributed by atoms with E-state index in [0.29, 0.717) is 6.61 Å². The average Bonchev–Trinajstić information content (AvgIpc) is 2.89. The first-order valence-corrected chi connectivity index (χ1v) is 6.46. The molecule has 0 aliphatic heterocycles. The predicted molar refractivity (Wildman–Crippen MR) is 70.4 cm³/mol. The Morgan fingerprint density at radius 3 is 2.88 bits per heavy atom. The summed E-state index contributed by atoms with van der Waals surface area (Å²) in [5.74, 6) is 0.811. The molecule has 4 heteroatoms. The summed E-state index contributed by atoms with van der Waals surface area (Å²) >= 11 is 1.70. The van der Waals surface area contributed by atoms with Crippen molar-refractivity contribution in [2.24, 2.45) is 0 Å². The maximum absolute atomic E-state index is 5.65. The van der Waals surface area contributed by atoms with Gasteiger partial charge in [-0.2, -0.15) is 0 Å². The fourth-order valence-corrected chi connectivity index (χ4v) is 2.05. The zero-order chi connectivity index (χ0) is 12.1. The van der Waals surface area contributed by atoms with E-state index in [1.54, 1.807) is 17.5 Å². The van der Waals surface area contributed by atoms with Gasteiger partial charge in [0, 0.05) is 10.9 Å². The van der Waals surface area contributed by atoms with Crippen molar-refractivity contribution < 1.29 is 4.74 Å². The lowest BCUT2D eigenvalue weighted by Gasteiger charge is -2.10. The number of ether oxygens (including phenoxy) is 1. The summed E-state index contributed by atoms with van der Waals surface area (Å²) in [5, 5.41) is 5.20. The van der Waals surface area contributed by atoms with Gasteiger partial charge in [0.05, 0.1) is 11.9 Å². The van der Waals surface area contributed by atoms with Crippen LogP contribution < -0.4 is 10.1 Å². The molecule has 2 aromatic rings. The first kappa shape index (κ1) is 12.1. The minimum Gasteiger partial charge on any atom is -0.486 e. The van der Waals surface area contributed by atoms with Gasteiger partial charge in [0.25, 0.3) is 0 Å². The van der Waals surface area contributed by atoms with Gasteiger partial charge in [-0.15, -0.1) is 11.3 Å². The molecule has 17 heavy (non-hydrogen) atoms. The second-order valence-electron chi connectivity index (χ2n) is 3.80. The van der Waals surface area contributed by atoms with Crippen molar-refractivity contribution in [3.63, 3.8) is 0 Å². The van der Waals surface area contributed by atoms with Crippen LogP contribution in [0.1, 0.15) is 23.5 Å². The molecule has 0 aliphatic rings. The molecule has 0 saturated carbocycles. The molecule has 1 N–H and O–H groups in total. The Labute approximate surface area is 105 Å². The SMILES string of the molecule is CNC(C)c1ccc(OCc2cccs2)cn1. The van der Waals surface area contributed by atoms with Crippen molar-refractivity contribution in [1.29, 1.82) is 0 Å². The molecule has 90 valence electrons. The van der Waals surface area contributed by atoms with Crippen LogP contribution >= 0.6 is 11.3 Å². The van der Waals surface area contributed by atoms with E-state index >= 15 is 0 Å². The Hall–Kier alpha value is -1.39. The maximum Gasteiger partial charge on any atom is 0.138 e. The van der Waals surface area contributed by atoms with Crippen molar-refractivity contribution in [2.45, 2.75) is 19.6 Å². The molecule has 1 unspecified atom stereocenters. The fraction of sp³-hybridized carbons (Fsp3) is 0.308. The minimum atomic E-state index is 0.265. The highest BCUT2D eigenvalue weighted by Crippen LogP contribution is 2.16. The van der Waals surface area contributed by atoms with Crippen LogP contribution in [0.5, 0.6) is 5.75 Å². The Balaban J connectivity index is 1.94. The molecule has 0 fully saturated rings. The quantitative estimate of drug-likeness (QED) is 0.883.